The molecule has 0 atom stereocenters. The van der Waals surface area contributed by atoms with Crippen LogP contribution in [0.5, 0.6) is 0 Å². The largest absolute Gasteiger partial charge is 0.469 e. The van der Waals surface area contributed by atoms with Crippen LogP contribution in [0, 0.1) is 0 Å². The number of hydroxylamine groups is 1. The first-order valence-electron chi connectivity index (χ1n) is 5.53. The van der Waals surface area contributed by atoms with Gasteiger partial charge in [-0.3, -0.25) is 4.79 Å². The minimum Gasteiger partial charge on any atom is -0.469 e. The van der Waals surface area contributed by atoms with Gasteiger partial charge in [-0.1, -0.05) is 23.2 Å². The number of furan rings is 1. The van der Waals surface area contributed by atoms with Crippen molar-refractivity contribution in [3.63, 3.8) is 0 Å². The Balaban J connectivity index is 1.90. The molecule has 5 nitrogen and oxygen atoms in total. The Kier molecular flexibility index (Phi) is 4.65. The summed E-state index contributed by atoms with van der Waals surface area (Å²) in [7, 11) is 0. The lowest BCUT2D eigenvalue weighted by Crippen LogP contribution is -2.27. The van der Waals surface area contributed by atoms with Crippen molar-refractivity contribution in [3.8, 4) is 0 Å². The zero-order valence-electron chi connectivity index (χ0n) is 10.1. The summed E-state index contributed by atoms with van der Waals surface area (Å²) in [6, 6.07) is 7.57. The SMILES string of the molecule is O=C(Cc1ccco1)ONC(=O)c1cc(Cl)cc(Cl)c1. The summed E-state index contributed by atoms with van der Waals surface area (Å²) in [6.07, 6.45) is 1.36. The van der Waals surface area contributed by atoms with Crippen molar-refractivity contribution in [1.29, 1.82) is 0 Å². The fourth-order valence-corrected chi connectivity index (χ4v) is 1.96. The van der Waals surface area contributed by atoms with Crippen LogP contribution in [0.4, 0.5) is 0 Å². The maximum Gasteiger partial charge on any atom is 0.339 e. The molecule has 2 rings (SSSR count). The molecule has 0 radical (unpaired) electrons. The van der Waals surface area contributed by atoms with E-state index in [1.807, 2.05) is 5.48 Å². The number of halogens is 2. The highest BCUT2D eigenvalue weighted by Gasteiger charge is 2.12. The lowest BCUT2D eigenvalue weighted by atomic mass is 10.2. The van der Waals surface area contributed by atoms with E-state index < -0.39 is 11.9 Å². The summed E-state index contributed by atoms with van der Waals surface area (Å²) in [4.78, 5) is 27.8. The highest BCUT2D eigenvalue weighted by atomic mass is 35.5. The topological polar surface area (TPSA) is 68.5 Å². The molecule has 0 bridgehead atoms. The van der Waals surface area contributed by atoms with Gasteiger partial charge in [0.15, 0.2) is 0 Å². The van der Waals surface area contributed by atoms with Gasteiger partial charge in [0.05, 0.1) is 6.26 Å². The molecule has 1 aromatic heterocycles. The van der Waals surface area contributed by atoms with Crippen LogP contribution >= 0.6 is 23.2 Å². The van der Waals surface area contributed by atoms with Gasteiger partial charge in [0.2, 0.25) is 0 Å². The molecule has 1 aromatic carbocycles. The van der Waals surface area contributed by atoms with E-state index >= 15 is 0 Å². The summed E-state index contributed by atoms with van der Waals surface area (Å²) < 4.78 is 4.98. The normalized spacial score (nSPS) is 10.1. The second-order valence-corrected chi connectivity index (χ2v) is 4.69. The van der Waals surface area contributed by atoms with Crippen molar-refractivity contribution in [2.24, 2.45) is 0 Å². The summed E-state index contributed by atoms with van der Waals surface area (Å²) in [6.45, 7) is 0. The van der Waals surface area contributed by atoms with Crippen molar-refractivity contribution < 1.29 is 18.8 Å². The number of amides is 1. The summed E-state index contributed by atoms with van der Waals surface area (Å²) in [5.41, 5.74) is 2.21. The standard InChI is InChI=1S/C13H9Cl2NO4/c14-9-4-8(5-10(15)6-9)13(18)16-20-12(17)7-11-2-1-3-19-11/h1-6H,7H2,(H,16,18). The first-order chi connectivity index (χ1) is 9.54. The third kappa shape index (κ3) is 4.01. The van der Waals surface area contributed by atoms with E-state index in [0.717, 1.165) is 0 Å². The number of hydrogen-bond donors (Lipinski definition) is 1. The van der Waals surface area contributed by atoms with E-state index in [1.54, 1.807) is 12.1 Å². The van der Waals surface area contributed by atoms with E-state index in [1.165, 1.54) is 24.5 Å². The average molecular weight is 314 g/mol. The molecule has 0 fully saturated rings. The number of hydrogen-bond acceptors (Lipinski definition) is 4. The molecule has 0 aliphatic rings. The number of carbonyl (C=O) groups excluding carboxylic acids is 2. The number of rotatable bonds is 3. The molecule has 2 aromatic rings. The smallest absolute Gasteiger partial charge is 0.339 e. The molecule has 0 saturated heterocycles. The van der Waals surface area contributed by atoms with Gasteiger partial charge in [-0.15, -0.1) is 0 Å². The average Bonchev–Trinajstić information content (AvgIpc) is 2.87. The van der Waals surface area contributed by atoms with Gasteiger partial charge in [0, 0.05) is 15.6 Å². The Hall–Kier alpha value is -1.98. The van der Waals surface area contributed by atoms with Crippen LogP contribution in [-0.4, -0.2) is 11.9 Å². The maximum atomic E-state index is 11.7. The summed E-state index contributed by atoms with van der Waals surface area (Å²) >= 11 is 11.5. The van der Waals surface area contributed by atoms with Crippen LogP contribution in [0.15, 0.2) is 41.0 Å². The predicted octanol–water partition coefficient (Wildman–Crippen LogP) is 3.02. The summed E-state index contributed by atoms with van der Waals surface area (Å²) in [5, 5.41) is 0.620. The van der Waals surface area contributed by atoms with Crippen molar-refractivity contribution in [3.05, 3.63) is 58.0 Å². The number of nitrogens with one attached hydrogen (secondary N) is 1. The fraction of sp³-hybridized carbons (Fsp3) is 0.0769. The molecule has 0 spiro atoms. The predicted molar refractivity (Wildman–Crippen MR) is 72.4 cm³/mol. The van der Waals surface area contributed by atoms with Crippen molar-refractivity contribution in [1.82, 2.24) is 5.48 Å². The van der Waals surface area contributed by atoms with Crippen LogP contribution in [0.25, 0.3) is 0 Å². The van der Waals surface area contributed by atoms with Gasteiger partial charge < -0.3 is 9.25 Å². The first-order valence-corrected chi connectivity index (χ1v) is 6.28. The second-order valence-electron chi connectivity index (χ2n) is 3.82. The van der Waals surface area contributed by atoms with E-state index in [-0.39, 0.29) is 12.0 Å². The lowest BCUT2D eigenvalue weighted by molar-refractivity contribution is -0.148. The molecule has 1 amide bonds. The lowest BCUT2D eigenvalue weighted by Gasteiger charge is -2.05. The van der Waals surface area contributed by atoms with Crippen LogP contribution in [0.3, 0.4) is 0 Å². The van der Waals surface area contributed by atoms with Gasteiger partial charge in [0.1, 0.15) is 12.2 Å². The van der Waals surface area contributed by atoms with E-state index in [4.69, 9.17) is 27.6 Å². The highest BCUT2D eigenvalue weighted by molar-refractivity contribution is 6.35. The zero-order chi connectivity index (χ0) is 14.5. The molecule has 7 heteroatoms. The van der Waals surface area contributed by atoms with Crippen molar-refractivity contribution in [2.75, 3.05) is 0 Å². The third-order valence-corrected chi connectivity index (χ3v) is 2.72. The Morgan fingerprint density at radius 1 is 1.20 bits per heavy atom. The molecular formula is C13H9Cl2NO4. The van der Waals surface area contributed by atoms with Crippen LogP contribution in [0.1, 0.15) is 16.1 Å². The van der Waals surface area contributed by atoms with Gasteiger partial charge in [-0.2, -0.15) is 5.48 Å². The molecule has 1 N–H and O–H groups in total. The minimum atomic E-state index is -0.651. The third-order valence-electron chi connectivity index (χ3n) is 2.28. The number of carbonyl (C=O) groups is 2. The number of benzene rings is 1. The molecule has 0 unspecified atom stereocenters. The molecular weight excluding hydrogens is 305 g/mol. The zero-order valence-corrected chi connectivity index (χ0v) is 11.6. The first kappa shape index (κ1) is 14.4. The molecule has 104 valence electrons. The van der Waals surface area contributed by atoms with E-state index in [0.29, 0.717) is 15.8 Å². The van der Waals surface area contributed by atoms with E-state index in [2.05, 4.69) is 4.84 Å². The fourth-order valence-electron chi connectivity index (χ4n) is 1.44. The monoisotopic (exact) mass is 313 g/mol. The molecule has 1 heterocycles. The second kappa shape index (κ2) is 6.45. The Morgan fingerprint density at radius 3 is 2.50 bits per heavy atom. The minimum absolute atomic E-state index is 0.0798. The van der Waals surface area contributed by atoms with Crippen LogP contribution < -0.4 is 5.48 Å². The van der Waals surface area contributed by atoms with Gasteiger partial charge in [-0.05, 0) is 30.3 Å². The Morgan fingerprint density at radius 2 is 1.90 bits per heavy atom. The van der Waals surface area contributed by atoms with Gasteiger partial charge >= 0.3 is 5.97 Å². The van der Waals surface area contributed by atoms with Crippen molar-refractivity contribution >= 4 is 35.1 Å². The highest BCUT2D eigenvalue weighted by Crippen LogP contribution is 2.18. The Bertz CT molecular complexity index is 605. The van der Waals surface area contributed by atoms with Gasteiger partial charge in [0.25, 0.3) is 5.91 Å². The molecule has 0 saturated carbocycles. The van der Waals surface area contributed by atoms with E-state index in [9.17, 15) is 9.59 Å². The maximum absolute atomic E-state index is 11.7. The molecule has 0 aliphatic carbocycles. The Labute approximate surface area is 124 Å². The molecule has 20 heavy (non-hydrogen) atoms. The summed E-state index contributed by atoms with van der Waals surface area (Å²) in [5.74, 6) is -0.835. The quantitative estimate of drug-likeness (QED) is 0.884. The van der Waals surface area contributed by atoms with Gasteiger partial charge in [-0.25, -0.2) is 4.79 Å². The van der Waals surface area contributed by atoms with Crippen LogP contribution in [-0.2, 0) is 16.1 Å². The van der Waals surface area contributed by atoms with Crippen molar-refractivity contribution in [2.45, 2.75) is 6.42 Å². The molecule has 0 aliphatic heterocycles. The van der Waals surface area contributed by atoms with Crippen LogP contribution in [0.2, 0.25) is 10.0 Å².